The smallest absolute Gasteiger partial charge is 0.129 e. The molecule has 0 bridgehead atoms. The highest BCUT2D eigenvalue weighted by molar-refractivity contribution is 6.30. The summed E-state index contributed by atoms with van der Waals surface area (Å²) in [5.41, 5.74) is 6.55. The molecular weight excluding hydrogens is 213 g/mol. The summed E-state index contributed by atoms with van der Waals surface area (Å²) in [4.78, 5) is 0. The average Bonchev–Trinajstić information content (AvgIpc) is 2.15. The molecule has 15 heavy (non-hydrogen) atoms. The third-order valence-corrected chi connectivity index (χ3v) is 3.17. The molecule has 2 atom stereocenters. The quantitative estimate of drug-likeness (QED) is 0.839. The normalized spacial score (nSPS) is 15.4. The van der Waals surface area contributed by atoms with E-state index in [2.05, 4.69) is 13.8 Å². The third-order valence-electron chi connectivity index (χ3n) is 2.94. The Balaban J connectivity index is 2.96. The van der Waals surface area contributed by atoms with Crippen LogP contribution >= 0.6 is 11.6 Å². The first kappa shape index (κ1) is 12.5. The summed E-state index contributed by atoms with van der Waals surface area (Å²) in [6.07, 6.45) is 0. The first-order valence-electron chi connectivity index (χ1n) is 5.14. The standard InChI is InChI=1S/C12H17ClFN/c1-7(2)8(3)12(15)10-5-4-9(13)6-11(10)14/h4-8,12H,15H2,1-3H3. The van der Waals surface area contributed by atoms with Gasteiger partial charge in [-0.25, -0.2) is 4.39 Å². The van der Waals surface area contributed by atoms with Crippen molar-refractivity contribution < 1.29 is 4.39 Å². The van der Waals surface area contributed by atoms with E-state index in [1.54, 1.807) is 12.1 Å². The summed E-state index contributed by atoms with van der Waals surface area (Å²) >= 11 is 5.68. The summed E-state index contributed by atoms with van der Waals surface area (Å²) in [6.45, 7) is 6.19. The largest absolute Gasteiger partial charge is 0.324 e. The van der Waals surface area contributed by atoms with Crippen LogP contribution in [-0.2, 0) is 0 Å². The van der Waals surface area contributed by atoms with Crippen LogP contribution in [0, 0.1) is 17.7 Å². The van der Waals surface area contributed by atoms with Crippen molar-refractivity contribution in [2.45, 2.75) is 26.8 Å². The lowest BCUT2D eigenvalue weighted by Gasteiger charge is -2.24. The maximum absolute atomic E-state index is 13.6. The van der Waals surface area contributed by atoms with Crippen molar-refractivity contribution >= 4 is 11.6 Å². The van der Waals surface area contributed by atoms with Gasteiger partial charge in [0.1, 0.15) is 5.82 Å². The second kappa shape index (κ2) is 4.95. The van der Waals surface area contributed by atoms with Crippen molar-refractivity contribution in [1.29, 1.82) is 0 Å². The van der Waals surface area contributed by atoms with Crippen LogP contribution in [0.4, 0.5) is 4.39 Å². The van der Waals surface area contributed by atoms with Gasteiger partial charge in [-0.2, -0.15) is 0 Å². The van der Waals surface area contributed by atoms with E-state index in [-0.39, 0.29) is 17.8 Å². The molecule has 0 saturated heterocycles. The first-order chi connectivity index (χ1) is 6.93. The van der Waals surface area contributed by atoms with Crippen LogP contribution in [0.25, 0.3) is 0 Å². The average molecular weight is 230 g/mol. The molecule has 0 aliphatic carbocycles. The van der Waals surface area contributed by atoms with Gasteiger partial charge in [-0.1, -0.05) is 38.4 Å². The zero-order chi connectivity index (χ0) is 11.6. The Kier molecular flexibility index (Phi) is 4.12. The van der Waals surface area contributed by atoms with E-state index in [4.69, 9.17) is 17.3 Å². The second-order valence-electron chi connectivity index (χ2n) is 4.29. The molecule has 1 aromatic carbocycles. The third kappa shape index (κ3) is 2.93. The Hall–Kier alpha value is -0.600. The first-order valence-corrected chi connectivity index (χ1v) is 5.51. The molecule has 0 radical (unpaired) electrons. The summed E-state index contributed by atoms with van der Waals surface area (Å²) in [7, 11) is 0. The van der Waals surface area contributed by atoms with E-state index < -0.39 is 0 Å². The van der Waals surface area contributed by atoms with Crippen LogP contribution in [0.5, 0.6) is 0 Å². The highest BCUT2D eigenvalue weighted by atomic mass is 35.5. The lowest BCUT2D eigenvalue weighted by Crippen LogP contribution is -2.24. The molecule has 0 spiro atoms. The lowest BCUT2D eigenvalue weighted by molar-refractivity contribution is 0.345. The fraction of sp³-hybridized carbons (Fsp3) is 0.500. The van der Waals surface area contributed by atoms with E-state index in [0.29, 0.717) is 16.5 Å². The minimum atomic E-state index is -0.317. The van der Waals surface area contributed by atoms with Crippen LogP contribution in [0.3, 0.4) is 0 Å². The predicted octanol–water partition coefficient (Wildman–Crippen LogP) is 3.77. The van der Waals surface area contributed by atoms with Crippen molar-refractivity contribution in [3.63, 3.8) is 0 Å². The van der Waals surface area contributed by atoms with Gasteiger partial charge in [-0.05, 0) is 24.0 Å². The summed E-state index contributed by atoms with van der Waals surface area (Å²) in [5, 5.41) is 0.403. The maximum Gasteiger partial charge on any atom is 0.129 e. The molecule has 84 valence electrons. The molecule has 2 unspecified atom stereocenters. The molecule has 0 fully saturated rings. The number of rotatable bonds is 3. The highest BCUT2D eigenvalue weighted by Crippen LogP contribution is 2.28. The van der Waals surface area contributed by atoms with Crippen LogP contribution in [0.1, 0.15) is 32.4 Å². The highest BCUT2D eigenvalue weighted by Gasteiger charge is 2.20. The molecule has 0 aliphatic rings. The number of benzene rings is 1. The van der Waals surface area contributed by atoms with Crippen LogP contribution in [-0.4, -0.2) is 0 Å². The van der Waals surface area contributed by atoms with E-state index >= 15 is 0 Å². The van der Waals surface area contributed by atoms with Gasteiger partial charge in [0.05, 0.1) is 0 Å². The maximum atomic E-state index is 13.6. The molecule has 2 N–H and O–H groups in total. The van der Waals surface area contributed by atoms with Gasteiger partial charge >= 0.3 is 0 Å². The van der Waals surface area contributed by atoms with E-state index in [1.165, 1.54) is 6.07 Å². The molecular formula is C12H17ClFN. The van der Waals surface area contributed by atoms with Gasteiger partial charge in [0.25, 0.3) is 0 Å². The van der Waals surface area contributed by atoms with Gasteiger partial charge in [0.2, 0.25) is 0 Å². The van der Waals surface area contributed by atoms with Gasteiger partial charge < -0.3 is 5.73 Å². The molecule has 0 aliphatic heterocycles. The molecule has 0 aromatic heterocycles. The summed E-state index contributed by atoms with van der Waals surface area (Å²) < 4.78 is 13.6. The fourth-order valence-corrected chi connectivity index (χ4v) is 1.63. The van der Waals surface area contributed by atoms with Gasteiger partial charge in [0, 0.05) is 16.6 Å². The lowest BCUT2D eigenvalue weighted by atomic mass is 9.86. The number of halogens is 2. The topological polar surface area (TPSA) is 26.0 Å². The second-order valence-corrected chi connectivity index (χ2v) is 4.73. The minimum Gasteiger partial charge on any atom is -0.324 e. The zero-order valence-electron chi connectivity index (χ0n) is 9.30. The Morgan fingerprint density at radius 1 is 1.27 bits per heavy atom. The molecule has 0 heterocycles. The van der Waals surface area contributed by atoms with Crippen molar-refractivity contribution in [1.82, 2.24) is 0 Å². The van der Waals surface area contributed by atoms with Gasteiger partial charge in [-0.3, -0.25) is 0 Å². The summed E-state index contributed by atoms with van der Waals surface area (Å²) in [5.74, 6) is 0.346. The minimum absolute atomic E-state index is 0.237. The molecule has 1 aromatic rings. The monoisotopic (exact) mass is 229 g/mol. The molecule has 0 saturated carbocycles. The Labute approximate surface area is 95.4 Å². The molecule has 3 heteroatoms. The molecule has 1 nitrogen and oxygen atoms in total. The SMILES string of the molecule is CC(C)C(C)C(N)c1ccc(Cl)cc1F. The Morgan fingerprint density at radius 3 is 2.33 bits per heavy atom. The number of hydrogen-bond acceptors (Lipinski definition) is 1. The van der Waals surface area contributed by atoms with Crippen LogP contribution in [0.2, 0.25) is 5.02 Å². The van der Waals surface area contributed by atoms with Gasteiger partial charge in [-0.15, -0.1) is 0 Å². The summed E-state index contributed by atoms with van der Waals surface area (Å²) in [6, 6.07) is 4.38. The predicted molar refractivity (Wildman–Crippen MR) is 62.3 cm³/mol. The fourth-order valence-electron chi connectivity index (χ4n) is 1.47. The van der Waals surface area contributed by atoms with Gasteiger partial charge in [0.15, 0.2) is 0 Å². The van der Waals surface area contributed by atoms with Crippen molar-refractivity contribution in [3.05, 3.63) is 34.6 Å². The number of nitrogens with two attached hydrogens (primary N) is 1. The van der Waals surface area contributed by atoms with Crippen molar-refractivity contribution in [3.8, 4) is 0 Å². The van der Waals surface area contributed by atoms with E-state index in [9.17, 15) is 4.39 Å². The zero-order valence-corrected chi connectivity index (χ0v) is 10.1. The van der Waals surface area contributed by atoms with Crippen LogP contribution in [0.15, 0.2) is 18.2 Å². The number of hydrogen-bond donors (Lipinski definition) is 1. The molecule has 1 rings (SSSR count). The Morgan fingerprint density at radius 2 is 1.87 bits per heavy atom. The van der Waals surface area contributed by atoms with Crippen molar-refractivity contribution in [2.75, 3.05) is 0 Å². The Bertz CT molecular complexity index is 338. The van der Waals surface area contributed by atoms with Crippen LogP contribution < -0.4 is 5.73 Å². The van der Waals surface area contributed by atoms with E-state index in [0.717, 1.165) is 0 Å². The van der Waals surface area contributed by atoms with Crippen molar-refractivity contribution in [2.24, 2.45) is 17.6 Å². The molecule has 0 amide bonds. The van der Waals surface area contributed by atoms with E-state index in [1.807, 2.05) is 6.92 Å².